The molecule has 3 aromatic carbocycles. The van der Waals surface area contributed by atoms with Crippen LogP contribution in [0.3, 0.4) is 0 Å². The van der Waals surface area contributed by atoms with Gasteiger partial charge in [0, 0.05) is 30.9 Å². The predicted molar refractivity (Wildman–Crippen MR) is 147 cm³/mol. The van der Waals surface area contributed by atoms with Crippen molar-refractivity contribution in [3.05, 3.63) is 83.4 Å². The fourth-order valence-electron chi connectivity index (χ4n) is 8.20. The molecular formula is C32H36N2O4. The van der Waals surface area contributed by atoms with E-state index in [-0.39, 0.29) is 23.9 Å². The summed E-state index contributed by atoms with van der Waals surface area (Å²) in [4.78, 5) is 4.82. The largest absolute Gasteiger partial charge is 0.504 e. The van der Waals surface area contributed by atoms with E-state index in [1.165, 1.54) is 11.1 Å². The van der Waals surface area contributed by atoms with Gasteiger partial charge in [0.1, 0.15) is 11.9 Å². The van der Waals surface area contributed by atoms with Crippen molar-refractivity contribution in [1.82, 2.24) is 4.90 Å². The lowest BCUT2D eigenvalue weighted by Gasteiger charge is -2.64. The van der Waals surface area contributed by atoms with Crippen LogP contribution in [0.25, 0.3) is 0 Å². The minimum absolute atomic E-state index is 0.0290. The summed E-state index contributed by atoms with van der Waals surface area (Å²) in [6.07, 6.45) is 3.85. The Labute approximate surface area is 224 Å². The standard InChI is InChI=1S/C32H36N2O4/c1-33(23-9-11-24(37-2)12-10-23)25-14-16-32(36)27-20-22-8-13-26(35)29-28(22)31(32,30(25)38-29)17-19-34(27)18-15-21-6-4-3-5-7-21/h3-13,25,27,30,35-36H,14-20H2,1-2H3/t25?,27-,30+,31+,32-/m1/s1. The Balaban J connectivity index is 1.27. The number of piperidine rings is 1. The van der Waals surface area contributed by atoms with Gasteiger partial charge in [-0.15, -0.1) is 0 Å². The topological polar surface area (TPSA) is 65.4 Å². The summed E-state index contributed by atoms with van der Waals surface area (Å²) in [7, 11) is 3.80. The van der Waals surface area contributed by atoms with E-state index in [9.17, 15) is 10.2 Å². The number of likely N-dealkylation sites (N-methyl/N-ethyl adjacent to an activating group) is 1. The lowest BCUT2D eigenvalue weighted by Crippen LogP contribution is -2.78. The van der Waals surface area contributed by atoms with E-state index in [4.69, 9.17) is 9.47 Å². The third-order valence-corrected chi connectivity index (χ3v) is 10.0. The number of benzene rings is 3. The first-order chi connectivity index (χ1) is 18.5. The van der Waals surface area contributed by atoms with E-state index in [1.807, 2.05) is 12.1 Å². The Bertz CT molecular complexity index is 1350. The molecule has 2 aliphatic carbocycles. The molecule has 4 aliphatic rings. The summed E-state index contributed by atoms with van der Waals surface area (Å²) in [5.41, 5.74) is 3.26. The minimum atomic E-state index is -0.907. The maximum atomic E-state index is 12.8. The SMILES string of the molecule is COc1ccc(N(C)C2CC[C@@]3(O)[C@H]4Cc5ccc(O)c6c5[C@@]3(CCN4CCc3ccccc3)[C@H]2O6)cc1. The third-order valence-electron chi connectivity index (χ3n) is 10.0. The lowest BCUT2D eigenvalue weighted by atomic mass is 9.48. The zero-order chi connectivity index (χ0) is 26.1. The number of anilines is 1. The van der Waals surface area contributed by atoms with Crippen molar-refractivity contribution in [2.75, 3.05) is 32.1 Å². The van der Waals surface area contributed by atoms with E-state index in [1.54, 1.807) is 13.2 Å². The van der Waals surface area contributed by atoms with Crippen molar-refractivity contribution >= 4 is 5.69 Å². The molecule has 6 nitrogen and oxygen atoms in total. The number of ether oxygens (including phenoxy) is 2. The number of aliphatic hydroxyl groups is 1. The Kier molecular flexibility index (Phi) is 5.43. The van der Waals surface area contributed by atoms with Crippen molar-refractivity contribution < 1.29 is 19.7 Å². The minimum Gasteiger partial charge on any atom is -0.504 e. The molecule has 5 atom stereocenters. The number of likely N-dealkylation sites (tertiary alicyclic amines) is 1. The van der Waals surface area contributed by atoms with Gasteiger partial charge >= 0.3 is 0 Å². The second-order valence-corrected chi connectivity index (χ2v) is 11.5. The maximum absolute atomic E-state index is 12.8. The highest BCUT2D eigenvalue weighted by Gasteiger charge is 2.73. The second kappa shape index (κ2) is 8.65. The van der Waals surface area contributed by atoms with Crippen LogP contribution < -0.4 is 14.4 Å². The zero-order valence-corrected chi connectivity index (χ0v) is 22.1. The van der Waals surface area contributed by atoms with Crippen molar-refractivity contribution in [2.45, 2.75) is 61.3 Å². The first-order valence-corrected chi connectivity index (χ1v) is 13.9. The van der Waals surface area contributed by atoms with Crippen LogP contribution in [0.5, 0.6) is 17.2 Å². The average Bonchev–Trinajstić information content (AvgIpc) is 3.30. The highest BCUT2D eigenvalue weighted by Crippen LogP contribution is 2.65. The molecule has 38 heavy (non-hydrogen) atoms. The molecule has 0 radical (unpaired) electrons. The third kappa shape index (κ3) is 3.20. The number of phenolic OH excluding ortho intramolecular Hbond substituents is 1. The van der Waals surface area contributed by atoms with Gasteiger partial charge in [0.15, 0.2) is 11.5 Å². The van der Waals surface area contributed by atoms with Crippen molar-refractivity contribution in [2.24, 2.45) is 0 Å². The molecular weight excluding hydrogens is 476 g/mol. The van der Waals surface area contributed by atoms with Gasteiger partial charge in [-0.2, -0.15) is 0 Å². The quantitative estimate of drug-likeness (QED) is 0.514. The molecule has 1 unspecified atom stereocenters. The maximum Gasteiger partial charge on any atom is 0.165 e. The number of hydrogen-bond acceptors (Lipinski definition) is 6. The van der Waals surface area contributed by atoms with E-state index in [2.05, 4.69) is 65.4 Å². The number of nitrogens with zero attached hydrogens (tertiary/aromatic N) is 2. The van der Waals surface area contributed by atoms with Gasteiger partial charge in [-0.1, -0.05) is 36.4 Å². The first kappa shape index (κ1) is 23.9. The van der Waals surface area contributed by atoms with Crippen LogP contribution >= 0.6 is 0 Å². The summed E-state index contributed by atoms with van der Waals surface area (Å²) in [5.74, 6) is 1.61. The van der Waals surface area contributed by atoms with Crippen molar-refractivity contribution in [3.8, 4) is 17.2 Å². The van der Waals surface area contributed by atoms with Gasteiger partial charge in [-0.25, -0.2) is 0 Å². The fraction of sp³-hybridized carbons (Fsp3) is 0.438. The van der Waals surface area contributed by atoms with Crippen LogP contribution in [0.2, 0.25) is 0 Å². The Morgan fingerprint density at radius 1 is 1.05 bits per heavy atom. The normalized spacial score (nSPS) is 30.9. The molecule has 1 saturated carbocycles. The van der Waals surface area contributed by atoms with Crippen LogP contribution in [-0.2, 0) is 18.3 Å². The molecule has 3 aromatic rings. The number of rotatable bonds is 6. The summed E-state index contributed by atoms with van der Waals surface area (Å²) >= 11 is 0. The molecule has 2 heterocycles. The molecule has 198 valence electrons. The number of methoxy groups -OCH3 is 1. The molecule has 7 rings (SSSR count). The van der Waals surface area contributed by atoms with Gasteiger partial charge in [0.2, 0.25) is 0 Å². The smallest absolute Gasteiger partial charge is 0.165 e. The van der Waals surface area contributed by atoms with Crippen LogP contribution in [0, 0.1) is 0 Å². The van der Waals surface area contributed by atoms with Crippen molar-refractivity contribution in [3.63, 3.8) is 0 Å². The van der Waals surface area contributed by atoms with Crippen LogP contribution in [-0.4, -0.2) is 66.1 Å². The monoisotopic (exact) mass is 512 g/mol. The molecule has 2 N–H and O–H groups in total. The van der Waals surface area contributed by atoms with E-state index < -0.39 is 11.0 Å². The molecule has 6 heteroatoms. The summed E-state index contributed by atoms with van der Waals surface area (Å²) in [6, 6.07) is 22.7. The van der Waals surface area contributed by atoms with Crippen molar-refractivity contribution in [1.29, 1.82) is 0 Å². The van der Waals surface area contributed by atoms with Crippen LogP contribution in [0.1, 0.15) is 36.0 Å². The van der Waals surface area contributed by atoms with Gasteiger partial charge in [-0.3, -0.25) is 4.90 Å². The van der Waals surface area contributed by atoms with E-state index in [0.29, 0.717) is 12.2 Å². The second-order valence-electron chi connectivity index (χ2n) is 11.5. The number of phenols is 1. The first-order valence-electron chi connectivity index (χ1n) is 13.9. The van der Waals surface area contributed by atoms with Gasteiger partial charge in [0.05, 0.1) is 24.2 Å². The Morgan fingerprint density at radius 2 is 1.84 bits per heavy atom. The van der Waals surface area contributed by atoms with E-state index in [0.717, 1.165) is 55.8 Å². The molecule has 2 aliphatic heterocycles. The van der Waals surface area contributed by atoms with Gasteiger partial charge in [-0.05, 0) is 80.1 Å². The zero-order valence-electron chi connectivity index (χ0n) is 22.1. The Morgan fingerprint density at radius 3 is 2.61 bits per heavy atom. The molecule has 1 saturated heterocycles. The van der Waals surface area contributed by atoms with Gasteiger partial charge in [0.25, 0.3) is 0 Å². The summed E-state index contributed by atoms with van der Waals surface area (Å²) < 4.78 is 12.1. The molecule has 0 amide bonds. The van der Waals surface area contributed by atoms with Gasteiger partial charge < -0.3 is 24.6 Å². The number of aromatic hydroxyl groups is 1. The lowest BCUT2D eigenvalue weighted by molar-refractivity contribution is -0.188. The highest BCUT2D eigenvalue weighted by atomic mass is 16.5. The number of hydrogen-bond donors (Lipinski definition) is 2. The molecule has 2 bridgehead atoms. The van der Waals surface area contributed by atoms with Crippen LogP contribution in [0.4, 0.5) is 5.69 Å². The summed E-state index contributed by atoms with van der Waals surface area (Å²) in [6.45, 7) is 1.83. The predicted octanol–water partition coefficient (Wildman–Crippen LogP) is 4.30. The van der Waals surface area contributed by atoms with E-state index >= 15 is 0 Å². The highest BCUT2D eigenvalue weighted by molar-refractivity contribution is 5.63. The molecule has 1 spiro atoms. The Hall–Kier alpha value is -3.22. The molecule has 0 aromatic heterocycles. The fourth-order valence-corrected chi connectivity index (χ4v) is 8.20. The summed E-state index contributed by atoms with van der Waals surface area (Å²) in [5, 5.41) is 23.7. The molecule has 2 fully saturated rings. The average molecular weight is 513 g/mol. The van der Waals surface area contributed by atoms with Crippen LogP contribution in [0.15, 0.2) is 66.7 Å².